The molecule has 2 aromatic rings. The summed E-state index contributed by atoms with van der Waals surface area (Å²) in [5.74, 6) is 1.76. The van der Waals surface area contributed by atoms with Crippen LogP contribution in [0.15, 0.2) is 24.3 Å². The Balaban J connectivity index is 2.13. The second kappa shape index (κ2) is 4.44. The molecule has 0 saturated heterocycles. The van der Waals surface area contributed by atoms with Gasteiger partial charge in [-0.05, 0) is 31.9 Å². The van der Waals surface area contributed by atoms with Crippen molar-refractivity contribution in [3.05, 3.63) is 24.3 Å². The Morgan fingerprint density at radius 2 is 2.06 bits per heavy atom. The zero-order valence-electron chi connectivity index (χ0n) is 10.8. The van der Waals surface area contributed by atoms with E-state index in [9.17, 15) is 0 Å². The van der Waals surface area contributed by atoms with Crippen LogP contribution < -0.4 is 10.2 Å². The van der Waals surface area contributed by atoms with Crippen molar-refractivity contribution in [2.24, 2.45) is 0 Å². The summed E-state index contributed by atoms with van der Waals surface area (Å²) in [7, 11) is 2.13. The standard InChI is InChI=1S/C14H18N4/c1-3-15-14-16-12-7-5-4-6-11(12)13(17-14)18(2)10-8-9-10/h4-7,10H,3,8-9H2,1-2H3,(H,15,16,17). The monoisotopic (exact) mass is 242 g/mol. The van der Waals surface area contributed by atoms with Gasteiger partial charge in [-0.2, -0.15) is 4.98 Å². The molecule has 0 aliphatic heterocycles. The van der Waals surface area contributed by atoms with Crippen LogP contribution in [0.4, 0.5) is 11.8 Å². The lowest BCUT2D eigenvalue weighted by molar-refractivity contribution is 0.894. The van der Waals surface area contributed by atoms with Crippen molar-refractivity contribution in [3.8, 4) is 0 Å². The molecule has 1 aromatic heterocycles. The lowest BCUT2D eigenvalue weighted by Gasteiger charge is -2.20. The summed E-state index contributed by atoms with van der Waals surface area (Å²) in [5, 5.41) is 4.34. The summed E-state index contributed by atoms with van der Waals surface area (Å²) in [6, 6.07) is 8.86. The number of nitrogens with zero attached hydrogens (tertiary/aromatic N) is 3. The van der Waals surface area contributed by atoms with Crippen LogP contribution in [0.5, 0.6) is 0 Å². The number of anilines is 2. The second-order valence-corrected chi connectivity index (χ2v) is 4.76. The minimum atomic E-state index is 0.651. The predicted molar refractivity (Wildman–Crippen MR) is 75.1 cm³/mol. The molecule has 1 heterocycles. The van der Waals surface area contributed by atoms with Crippen molar-refractivity contribution in [2.45, 2.75) is 25.8 Å². The largest absolute Gasteiger partial charge is 0.356 e. The van der Waals surface area contributed by atoms with Crippen molar-refractivity contribution < 1.29 is 0 Å². The highest BCUT2D eigenvalue weighted by Gasteiger charge is 2.28. The van der Waals surface area contributed by atoms with Gasteiger partial charge in [0, 0.05) is 25.0 Å². The Morgan fingerprint density at radius 3 is 2.78 bits per heavy atom. The molecule has 4 nitrogen and oxygen atoms in total. The number of nitrogens with one attached hydrogen (secondary N) is 1. The van der Waals surface area contributed by atoms with Crippen LogP contribution in [0.1, 0.15) is 19.8 Å². The van der Waals surface area contributed by atoms with E-state index in [0.29, 0.717) is 6.04 Å². The van der Waals surface area contributed by atoms with Crippen LogP contribution in [0.25, 0.3) is 10.9 Å². The maximum atomic E-state index is 4.66. The number of fused-ring (bicyclic) bond motifs is 1. The molecule has 1 N–H and O–H groups in total. The highest BCUT2D eigenvalue weighted by atomic mass is 15.2. The smallest absolute Gasteiger partial charge is 0.225 e. The molecule has 18 heavy (non-hydrogen) atoms. The minimum Gasteiger partial charge on any atom is -0.356 e. The lowest BCUT2D eigenvalue weighted by atomic mass is 10.2. The topological polar surface area (TPSA) is 41.1 Å². The number of hydrogen-bond acceptors (Lipinski definition) is 4. The summed E-state index contributed by atoms with van der Waals surface area (Å²) in [6.07, 6.45) is 2.54. The molecule has 0 bridgehead atoms. The zero-order valence-corrected chi connectivity index (χ0v) is 10.8. The maximum absolute atomic E-state index is 4.66. The average molecular weight is 242 g/mol. The first-order chi connectivity index (χ1) is 8.79. The van der Waals surface area contributed by atoms with Gasteiger partial charge in [-0.1, -0.05) is 12.1 Å². The van der Waals surface area contributed by atoms with Gasteiger partial charge in [-0.25, -0.2) is 4.98 Å². The Kier molecular flexibility index (Phi) is 2.78. The Bertz CT molecular complexity index is 563. The molecule has 0 spiro atoms. The third kappa shape index (κ3) is 1.98. The molecule has 1 aromatic carbocycles. The molecule has 1 saturated carbocycles. The fourth-order valence-corrected chi connectivity index (χ4v) is 2.20. The highest BCUT2D eigenvalue weighted by molar-refractivity contribution is 5.90. The second-order valence-electron chi connectivity index (χ2n) is 4.76. The van der Waals surface area contributed by atoms with Crippen molar-refractivity contribution in [1.29, 1.82) is 0 Å². The van der Waals surface area contributed by atoms with E-state index in [-0.39, 0.29) is 0 Å². The fourth-order valence-electron chi connectivity index (χ4n) is 2.20. The van der Waals surface area contributed by atoms with Gasteiger partial charge in [0.25, 0.3) is 0 Å². The first-order valence-corrected chi connectivity index (χ1v) is 6.53. The van der Waals surface area contributed by atoms with E-state index in [2.05, 4.69) is 40.2 Å². The highest BCUT2D eigenvalue weighted by Crippen LogP contribution is 2.33. The third-order valence-corrected chi connectivity index (χ3v) is 3.35. The average Bonchev–Trinajstić information content (AvgIpc) is 3.22. The fraction of sp³-hybridized carbons (Fsp3) is 0.429. The Hall–Kier alpha value is -1.84. The summed E-state index contributed by atoms with van der Waals surface area (Å²) >= 11 is 0. The van der Waals surface area contributed by atoms with Gasteiger partial charge in [0.15, 0.2) is 0 Å². The molecule has 1 fully saturated rings. The maximum Gasteiger partial charge on any atom is 0.225 e. The van der Waals surface area contributed by atoms with E-state index in [1.165, 1.54) is 12.8 Å². The van der Waals surface area contributed by atoms with Gasteiger partial charge in [0.05, 0.1) is 5.52 Å². The quantitative estimate of drug-likeness (QED) is 0.895. The van der Waals surface area contributed by atoms with Gasteiger partial charge in [-0.15, -0.1) is 0 Å². The van der Waals surface area contributed by atoms with Crippen LogP contribution in [-0.2, 0) is 0 Å². The van der Waals surface area contributed by atoms with Gasteiger partial charge >= 0.3 is 0 Å². The van der Waals surface area contributed by atoms with Gasteiger partial charge < -0.3 is 10.2 Å². The molecule has 0 atom stereocenters. The number of rotatable bonds is 4. The molecule has 94 valence electrons. The third-order valence-electron chi connectivity index (χ3n) is 3.35. The number of para-hydroxylation sites is 1. The summed E-state index contributed by atoms with van der Waals surface area (Å²) in [5.41, 5.74) is 1.01. The van der Waals surface area contributed by atoms with E-state index in [1.807, 2.05) is 18.2 Å². The van der Waals surface area contributed by atoms with E-state index in [1.54, 1.807) is 0 Å². The molecular weight excluding hydrogens is 224 g/mol. The van der Waals surface area contributed by atoms with Crippen LogP contribution >= 0.6 is 0 Å². The Labute approximate surface area is 107 Å². The zero-order chi connectivity index (χ0) is 12.5. The van der Waals surface area contributed by atoms with Crippen molar-refractivity contribution in [1.82, 2.24) is 9.97 Å². The predicted octanol–water partition coefficient (Wildman–Crippen LogP) is 2.66. The van der Waals surface area contributed by atoms with Crippen LogP contribution in [-0.4, -0.2) is 29.6 Å². The molecule has 3 rings (SSSR count). The van der Waals surface area contributed by atoms with Gasteiger partial charge in [-0.3, -0.25) is 0 Å². The minimum absolute atomic E-state index is 0.651. The number of hydrogen-bond donors (Lipinski definition) is 1. The van der Waals surface area contributed by atoms with Crippen LogP contribution in [0.3, 0.4) is 0 Å². The Morgan fingerprint density at radius 1 is 1.28 bits per heavy atom. The molecular formula is C14H18N4. The SMILES string of the molecule is CCNc1nc(N(C)C2CC2)c2ccccc2n1. The normalized spacial score (nSPS) is 14.8. The number of aromatic nitrogens is 2. The molecule has 1 aliphatic rings. The van der Waals surface area contributed by atoms with E-state index < -0.39 is 0 Å². The molecule has 0 unspecified atom stereocenters. The van der Waals surface area contributed by atoms with Crippen molar-refractivity contribution in [2.75, 3.05) is 23.8 Å². The molecule has 0 radical (unpaired) electrons. The van der Waals surface area contributed by atoms with Crippen LogP contribution in [0, 0.1) is 0 Å². The first-order valence-electron chi connectivity index (χ1n) is 6.53. The van der Waals surface area contributed by atoms with Crippen LogP contribution in [0.2, 0.25) is 0 Å². The van der Waals surface area contributed by atoms with Crippen molar-refractivity contribution in [3.63, 3.8) is 0 Å². The molecule has 4 heteroatoms. The molecule has 0 amide bonds. The van der Waals surface area contributed by atoms with E-state index in [0.717, 1.165) is 29.2 Å². The summed E-state index contributed by atoms with van der Waals surface area (Å²) in [4.78, 5) is 11.5. The lowest BCUT2D eigenvalue weighted by Crippen LogP contribution is -2.21. The van der Waals surface area contributed by atoms with Gasteiger partial charge in [0.1, 0.15) is 5.82 Å². The summed E-state index contributed by atoms with van der Waals surface area (Å²) < 4.78 is 0. The first kappa shape index (κ1) is 11.3. The van der Waals surface area contributed by atoms with E-state index >= 15 is 0 Å². The molecule has 1 aliphatic carbocycles. The number of benzene rings is 1. The van der Waals surface area contributed by atoms with Crippen molar-refractivity contribution >= 4 is 22.7 Å². The summed E-state index contributed by atoms with van der Waals surface area (Å²) in [6.45, 7) is 2.90. The van der Waals surface area contributed by atoms with E-state index in [4.69, 9.17) is 0 Å². The van der Waals surface area contributed by atoms with Gasteiger partial charge in [0.2, 0.25) is 5.95 Å².